The lowest BCUT2D eigenvalue weighted by molar-refractivity contribution is -0.206. The number of aliphatic hydroxyl groups is 1. The van der Waals surface area contributed by atoms with Gasteiger partial charge in [0.1, 0.15) is 18.4 Å². The summed E-state index contributed by atoms with van der Waals surface area (Å²) in [5.41, 5.74) is -1.08. The fourth-order valence-electron chi connectivity index (χ4n) is 7.56. The van der Waals surface area contributed by atoms with E-state index < -0.39 is 35.0 Å². The van der Waals surface area contributed by atoms with E-state index >= 15 is 0 Å². The number of nitrogens with one attached hydrogen (secondary N) is 2. The molecule has 0 spiro atoms. The van der Waals surface area contributed by atoms with Gasteiger partial charge in [0.2, 0.25) is 0 Å². The molecule has 0 aliphatic heterocycles. The summed E-state index contributed by atoms with van der Waals surface area (Å²) in [6.07, 6.45) is 3.79. The average Bonchev–Trinajstić information content (AvgIpc) is 3.22. The molecule has 3 aliphatic rings. The predicted octanol–water partition coefficient (Wildman–Crippen LogP) is 5.37. The molecule has 0 heterocycles. The smallest absolute Gasteiger partial charge is 0.325 e. The van der Waals surface area contributed by atoms with Crippen molar-refractivity contribution in [1.82, 2.24) is 5.32 Å². The lowest BCUT2D eigenvalue weighted by Gasteiger charge is -2.61. The van der Waals surface area contributed by atoms with Crippen molar-refractivity contribution in [2.24, 2.45) is 34.0 Å². The van der Waals surface area contributed by atoms with Crippen molar-refractivity contribution in [1.29, 1.82) is 0 Å². The number of esters is 1. The Morgan fingerprint density at radius 1 is 1.22 bits per heavy atom. The van der Waals surface area contributed by atoms with Gasteiger partial charge < -0.3 is 20.5 Å². The number of halogens is 1. The van der Waals surface area contributed by atoms with Crippen LogP contribution in [0.3, 0.4) is 0 Å². The lowest BCUT2D eigenvalue weighted by Crippen LogP contribution is -2.63. The summed E-state index contributed by atoms with van der Waals surface area (Å²) in [7, 11) is 0. The highest BCUT2D eigenvalue weighted by Crippen LogP contribution is 2.67. The molecule has 1 aromatic rings. The quantitative estimate of drug-likeness (QED) is 0.351. The van der Waals surface area contributed by atoms with Crippen LogP contribution in [0.5, 0.6) is 0 Å². The molecule has 0 saturated heterocycles. The summed E-state index contributed by atoms with van der Waals surface area (Å²) in [5, 5.41) is 17.3. The normalized spacial score (nSPS) is 39.1. The summed E-state index contributed by atoms with van der Waals surface area (Å²) in [5.74, 6) is -0.615. The van der Waals surface area contributed by atoms with Gasteiger partial charge in [0.05, 0.1) is 6.10 Å². The number of rotatable bonds is 5. The molecule has 2 amide bonds. The van der Waals surface area contributed by atoms with Crippen LogP contribution in [0, 0.1) is 34.0 Å². The van der Waals surface area contributed by atoms with E-state index in [1.54, 1.807) is 30.3 Å². The standard InChI is InChI=1S/C29H39ClN2O5/c1-6-27(4)15-22(37-23(34)16-31-26(36)32-20-9-7-19(30)8-10-20)28(5)17(2)11-13-29(18(3)25(27)35)14-12-21(33)24(28)29/h6-10,17-18,22,24-25,35H,1,11-16H2,2-5H3,(H2,31,32,36)/t17-,18+,22-,24+,25+,27-,28+,29+/m1/s1. The van der Waals surface area contributed by atoms with Crippen molar-refractivity contribution < 1.29 is 24.2 Å². The van der Waals surface area contributed by atoms with Crippen molar-refractivity contribution >= 4 is 35.1 Å². The SMILES string of the molecule is C=C[C@]1(C)C[C@@H](OC(=O)CNC(=O)Nc2ccc(Cl)cc2)[C@]2(C)[C@H](C)CC[C@]3(CCC(=O)[C@H]32)[C@@H](C)[C@@H]1O. The number of hydrogen-bond donors (Lipinski definition) is 3. The van der Waals surface area contributed by atoms with Gasteiger partial charge in [-0.2, -0.15) is 0 Å². The Morgan fingerprint density at radius 3 is 2.54 bits per heavy atom. The minimum absolute atomic E-state index is 0.0892. The maximum absolute atomic E-state index is 13.4. The number of anilines is 1. The fraction of sp³-hybridized carbons (Fsp3) is 0.621. The van der Waals surface area contributed by atoms with E-state index in [1.165, 1.54) is 0 Å². The van der Waals surface area contributed by atoms with Gasteiger partial charge in [-0.3, -0.25) is 9.59 Å². The summed E-state index contributed by atoms with van der Waals surface area (Å²) >= 11 is 5.88. The average molecular weight is 531 g/mol. The highest BCUT2D eigenvalue weighted by atomic mass is 35.5. The Labute approximate surface area is 224 Å². The minimum atomic E-state index is -0.721. The third kappa shape index (κ3) is 4.69. The second-order valence-electron chi connectivity index (χ2n) is 11.9. The molecule has 8 atom stereocenters. The number of Topliss-reactive ketones (excluding diaryl/α,β-unsaturated/α-hetero) is 1. The molecule has 4 rings (SSSR count). The van der Waals surface area contributed by atoms with Crippen molar-refractivity contribution in [3.63, 3.8) is 0 Å². The summed E-state index contributed by atoms with van der Waals surface area (Å²) in [4.78, 5) is 38.9. The van der Waals surface area contributed by atoms with Crippen molar-refractivity contribution in [3.05, 3.63) is 41.9 Å². The number of carbonyl (C=O) groups is 3. The van der Waals surface area contributed by atoms with Crippen molar-refractivity contribution in [3.8, 4) is 0 Å². The molecule has 3 aliphatic carbocycles. The summed E-state index contributed by atoms with van der Waals surface area (Å²) < 4.78 is 6.13. The molecule has 0 aromatic heterocycles. The van der Waals surface area contributed by atoms with Crippen LogP contribution >= 0.6 is 11.6 Å². The summed E-state index contributed by atoms with van der Waals surface area (Å²) in [6.45, 7) is 12.0. The van der Waals surface area contributed by atoms with Crippen LogP contribution in [0.25, 0.3) is 0 Å². The van der Waals surface area contributed by atoms with E-state index in [-0.39, 0.29) is 35.5 Å². The first kappa shape index (κ1) is 27.6. The number of carbonyl (C=O) groups excluding carboxylic acids is 3. The van der Waals surface area contributed by atoms with Crippen LogP contribution in [0.1, 0.15) is 59.8 Å². The van der Waals surface area contributed by atoms with Gasteiger partial charge in [0, 0.05) is 33.9 Å². The van der Waals surface area contributed by atoms with Crippen LogP contribution < -0.4 is 10.6 Å². The third-order valence-electron chi connectivity index (χ3n) is 10.1. The molecule has 2 bridgehead atoms. The maximum Gasteiger partial charge on any atom is 0.325 e. The first-order chi connectivity index (χ1) is 17.4. The number of ketones is 1. The predicted molar refractivity (Wildman–Crippen MR) is 143 cm³/mol. The molecule has 3 saturated carbocycles. The van der Waals surface area contributed by atoms with Gasteiger partial charge in [-0.15, -0.1) is 6.58 Å². The lowest BCUT2D eigenvalue weighted by atomic mass is 9.44. The molecular weight excluding hydrogens is 492 g/mol. The van der Waals surface area contributed by atoms with Gasteiger partial charge in [-0.05, 0) is 67.2 Å². The minimum Gasteiger partial charge on any atom is -0.460 e. The molecule has 1 aromatic carbocycles. The monoisotopic (exact) mass is 530 g/mol. The number of aliphatic hydroxyl groups excluding tert-OH is 1. The van der Waals surface area contributed by atoms with E-state index in [9.17, 15) is 19.5 Å². The van der Waals surface area contributed by atoms with Gasteiger partial charge in [0.15, 0.2) is 0 Å². The van der Waals surface area contributed by atoms with E-state index in [2.05, 4.69) is 38.0 Å². The molecule has 3 fully saturated rings. The number of benzene rings is 1. The highest BCUT2D eigenvalue weighted by molar-refractivity contribution is 6.30. The number of amides is 2. The fourth-order valence-corrected chi connectivity index (χ4v) is 7.69. The number of ether oxygens (including phenoxy) is 1. The number of urea groups is 1. The zero-order valence-corrected chi connectivity index (χ0v) is 22.9. The van der Waals surface area contributed by atoms with Crippen LogP contribution in [0.15, 0.2) is 36.9 Å². The Bertz CT molecular complexity index is 1080. The van der Waals surface area contributed by atoms with E-state index in [4.69, 9.17) is 16.3 Å². The van der Waals surface area contributed by atoms with E-state index in [0.29, 0.717) is 23.6 Å². The van der Waals surface area contributed by atoms with Gasteiger partial charge >= 0.3 is 12.0 Å². The summed E-state index contributed by atoms with van der Waals surface area (Å²) in [6, 6.07) is 6.09. The van der Waals surface area contributed by atoms with Gasteiger partial charge in [-0.25, -0.2) is 4.79 Å². The largest absolute Gasteiger partial charge is 0.460 e. The zero-order chi connectivity index (χ0) is 27.2. The molecule has 202 valence electrons. The zero-order valence-electron chi connectivity index (χ0n) is 22.2. The van der Waals surface area contributed by atoms with Crippen LogP contribution in [-0.2, 0) is 14.3 Å². The highest BCUT2D eigenvalue weighted by Gasteiger charge is 2.68. The number of hydrogen-bond acceptors (Lipinski definition) is 5. The topological polar surface area (TPSA) is 105 Å². The second-order valence-corrected chi connectivity index (χ2v) is 12.3. The maximum atomic E-state index is 13.4. The second kappa shape index (κ2) is 10.1. The van der Waals surface area contributed by atoms with Crippen LogP contribution in [0.2, 0.25) is 5.02 Å². The van der Waals surface area contributed by atoms with E-state index in [0.717, 1.165) is 19.3 Å². The van der Waals surface area contributed by atoms with E-state index in [1.807, 2.05) is 6.92 Å². The molecule has 8 heteroatoms. The Hall–Kier alpha value is -2.38. The molecule has 3 N–H and O–H groups in total. The van der Waals surface area contributed by atoms with Crippen LogP contribution in [0.4, 0.5) is 10.5 Å². The first-order valence-corrected chi connectivity index (χ1v) is 13.6. The molecule has 37 heavy (non-hydrogen) atoms. The van der Waals surface area contributed by atoms with Crippen molar-refractivity contribution in [2.75, 3.05) is 11.9 Å². The third-order valence-corrected chi connectivity index (χ3v) is 10.3. The Kier molecular flexibility index (Phi) is 7.52. The van der Waals surface area contributed by atoms with Crippen LogP contribution in [-0.4, -0.2) is 41.6 Å². The first-order valence-electron chi connectivity index (χ1n) is 13.2. The van der Waals surface area contributed by atoms with Gasteiger partial charge in [-0.1, -0.05) is 45.4 Å². The molecule has 0 radical (unpaired) electrons. The molecule has 7 nitrogen and oxygen atoms in total. The Morgan fingerprint density at radius 2 is 1.89 bits per heavy atom. The Balaban J connectivity index is 1.57. The molecule has 0 unspecified atom stereocenters. The van der Waals surface area contributed by atoms with Crippen molar-refractivity contribution in [2.45, 2.75) is 72.0 Å². The van der Waals surface area contributed by atoms with Gasteiger partial charge in [0.25, 0.3) is 0 Å². The molecular formula is C29H39ClN2O5.